The SMILES string of the molecule is Cc1nnc2n1-c1sc(CCC(=O)N(C)C)cc1C(c1ccccc1Cl)=NC2. The van der Waals surface area contributed by atoms with Gasteiger partial charge in [-0.3, -0.25) is 14.4 Å². The molecule has 0 spiro atoms. The number of carbonyl (C=O) groups is 1. The smallest absolute Gasteiger partial charge is 0.222 e. The summed E-state index contributed by atoms with van der Waals surface area (Å²) in [5.41, 5.74) is 2.76. The molecule has 3 aromatic rings. The van der Waals surface area contributed by atoms with Crippen LogP contribution in [0.15, 0.2) is 35.3 Å². The number of carbonyl (C=O) groups excluding carboxylic acids is 1. The number of thiophene rings is 1. The minimum absolute atomic E-state index is 0.116. The summed E-state index contributed by atoms with van der Waals surface area (Å²) in [6.07, 6.45) is 1.15. The highest BCUT2D eigenvalue weighted by atomic mass is 35.5. The molecule has 1 aliphatic rings. The summed E-state index contributed by atoms with van der Waals surface area (Å²) in [5, 5.41) is 10.2. The van der Waals surface area contributed by atoms with Crippen LogP contribution in [-0.4, -0.2) is 45.4 Å². The Morgan fingerprint density at radius 3 is 2.79 bits per heavy atom. The molecule has 0 atom stereocenters. The number of benzene rings is 1. The molecule has 1 amide bonds. The number of hydrogen-bond acceptors (Lipinski definition) is 5. The zero-order valence-electron chi connectivity index (χ0n) is 15.9. The summed E-state index contributed by atoms with van der Waals surface area (Å²) in [7, 11) is 3.56. The van der Waals surface area contributed by atoms with E-state index in [1.165, 1.54) is 0 Å². The molecule has 3 heterocycles. The van der Waals surface area contributed by atoms with Crippen molar-refractivity contribution in [3.63, 3.8) is 0 Å². The van der Waals surface area contributed by atoms with E-state index in [-0.39, 0.29) is 5.91 Å². The van der Waals surface area contributed by atoms with Crippen molar-refractivity contribution in [1.29, 1.82) is 0 Å². The topological polar surface area (TPSA) is 63.4 Å². The molecule has 0 unspecified atom stereocenters. The minimum atomic E-state index is 0.116. The molecule has 0 aliphatic carbocycles. The second-order valence-corrected chi connectivity index (χ2v) is 8.39. The lowest BCUT2D eigenvalue weighted by molar-refractivity contribution is -0.128. The van der Waals surface area contributed by atoms with Gasteiger partial charge in [0, 0.05) is 41.5 Å². The van der Waals surface area contributed by atoms with Crippen LogP contribution in [0.25, 0.3) is 5.00 Å². The van der Waals surface area contributed by atoms with E-state index in [1.54, 1.807) is 30.3 Å². The van der Waals surface area contributed by atoms with Crippen molar-refractivity contribution in [3.8, 4) is 5.00 Å². The Balaban J connectivity index is 1.81. The van der Waals surface area contributed by atoms with E-state index in [0.29, 0.717) is 24.4 Å². The van der Waals surface area contributed by atoms with Crippen LogP contribution in [0.5, 0.6) is 0 Å². The van der Waals surface area contributed by atoms with Gasteiger partial charge >= 0.3 is 0 Å². The van der Waals surface area contributed by atoms with Gasteiger partial charge in [-0.15, -0.1) is 21.5 Å². The minimum Gasteiger partial charge on any atom is -0.349 e. The van der Waals surface area contributed by atoms with E-state index in [4.69, 9.17) is 16.6 Å². The molecular weight excluding hydrogens is 394 g/mol. The lowest BCUT2D eigenvalue weighted by atomic mass is 10.0. The Labute approximate surface area is 172 Å². The van der Waals surface area contributed by atoms with Gasteiger partial charge in [-0.25, -0.2) is 0 Å². The maximum Gasteiger partial charge on any atom is 0.222 e. The zero-order chi connectivity index (χ0) is 19.8. The van der Waals surface area contributed by atoms with Crippen LogP contribution in [0.2, 0.25) is 5.02 Å². The lowest BCUT2D eigenvalue weighted by Gasteiger charge is -2.08. The van der Waals surface area contributed by atoms with Gasteiger partial charge in [-0.2, -0.15) is 0 Å². The lowest BCUT2D eigenvalue weighted by Crippen LogP contribution is -2.21. The van der Waals surface area contributed by atoms with Crippen molar-refractivity contribution in [3.05, 3.63) is 63.0 Å². The third kappa shape index (κ3) is 3.36. The average Bonchev–Trinajstić information content (AvgIpc) is 3.20. The molecule has 0 saturated heterocycles. The summed E-state index contributed by atoms with van der Waals surface area (Å²) in [4.78, 5) is 19.6. The highest BCUT2D eigenvalue weighted by Gasteiger charge is 2.25. The first-order chi connectivity index (χ1) is 13.5. The van der Waals surface area contributed by atoms with E-state index in [2.05, 4.69) is 20.8 Å². The number of fused-ring (bicyclic) bond motifs is 3. The molecular formula is C20H20ClN5OS. The average molecular weight is 414 g/mol. The summed E-state index contributed by atoms with van der Waals surface area (Å²) < 4.78 is 2.06. The van der Waals surface area contributed by atoms with E-state index in [9.17, 15) is 4.79 Å². The number of halogens is 1. The third-order valence-electron chi connectivity index (χ3n) is 4.71. The number of aliphatic imine (C=N–C) groups is 1. The molecule has 1 aliphatic heterocycles. The number of aromatic nitrogens is 3. The second kappa shape index (κ2) is 7.48. The van der Waals surface area contributed by atoms with Crippen LogP contribution in [0.3, 0.4) is 0 Å². The van der Waals surface area contributed by atoms with Gasteiger partial charge in [0.25, 0.3) is 0 Å². The fourth-order valence-corrected chi connectivity index (χ4v) is 4.68. The van der Waals surface area contributed by atoms with Crippen molar-refractivity contribution >= 4 is 34.6 Å². The van der Waals surface area contributed by atoms with Gasteiger partial charge in [0.05, 0.1) is 5.71 Å². The van der Waals surface area contributed by atoms with Gasteiger partial charge < -0.3 is 4.90 Å². The van der Waals surface area contributed by atoms with Gasteiger partial charge in [0.2, 0.25) is 5.91 Å². The predicted molar refractivity (Wildman–Crippen MR) is 112 cm³/mol. The number of aryl methyl sites for hydroxylation is 2. The molecule has 1 aromatic carbocycles. The first-order valence-electron chi connectivity index (χ1n) is 8.99. The summed E-state index contributed by atoms with van der Waals surface area (Å²) in [6, 6.07) is 9.85. The third-order valence-corrected chi connectivity index (χ3v) is 6.21. The van der Waals surface area contributed by atoms with E-state index >= 15 is 0 Å². The van der Waals surface area contributed by atoms with Crippen LogP contribution < -0.4 is 0 Å². The van der Waals surface area contributed by atoms with Crippen molar-refractivity contribution < 1.29 is 4.79 Å². The fraction of sp³-hybridized carbons (Fsp3) is 0.300. The maximum atomic E-state index is 12.0. The molecule has 6 nitrogen and oxygen atoms in total. The molecule has 0 fully saturated rings. The highest BCUT2D eigenvalue weighted by Crippen LogP contribution is 2.34. The predicted octanol–water partition coefficient (Wildman–Crippen LogP) is 3.66. The molecule has 144 valence electrons. The van der Waals surface area contributed by atoms with Crippen molar-refractivity contribution in [2.24, 2.45) is 4.99 Å². The number of rotatable bonds is 4. The van der Waals surface area contributed by atoms with E-state index in [0.717, 1.165) is 38.4 Å². The van der Waals surface area contributed by atoms with Gasteiger partial charge in [-0.05, 0) is 25.5 Å². The standard InChI is InChI=1S/C20H20ClN5OS/c1-12-23-24-17-11-22-19(14-6-4-5-7-16(14)21)15-10-13(28-20(15)26(12)17)8-9-18(27)25(2)3/h4-7,10H,8-9,11H2,1-3H3. The van der Waals surface area contributed by atoms with Crippen LogP contribution in [0.4, 0.5) is 0 Å². The summed E-state index contributed by atoms with van der Waals surface area (Å²) in [6.45, 7) is 2.38. The molecule has 0 N–H and O–H groups in total. The molecule has 8 heteroatoms. The zero-order valence-corrected chi connectivity index (χ0v) is 17.5. The number of hydrogen-bond donors (Lipinski definition) is 0. The number of nitrogens with zero attached hydrogens (tertiary/aromatic N) is 5. The van der Waals surface area contributed by atoms with E-state index in [1.807, 2.05) is 31.2 Å². The van der Waals surface area contributed by atoms with Crippen LogP contribution in [0.1, 0.15) is 34.1 Å². The Hall–Kier alpha value is -2.51. The van der Waals surface area contributed by atoms with Crippen LogP contribution in [0, 0.1) is 6.92 Å². The Bertz CT molecular complexity index is 1080. The molecule has 0 saturated carbocycles. The van der Waals surface area contributed by atoms with E-state index < -0.39 is 0 Å². The first kappa shape index (κ1) is 18.8. The second-order valence-electron chi connectivity index (χ2n) is 6.86. The van der Waals surface area contributed by atoms with Crippen molar-refractivity contribution in [2.75, 3.05) is 14.1 Å². The number of amides is 1. The van der Waals surface area contributed by atoms with Crippen molar-refractivity contribution in [2.45, 2.75) is 26.3 Å². The molecule has 0 radical (unpaired) electrons. The van der Waals surface area contributed by atoms with Gasteiger partial charge in [-0.1, -0.05) is 29.8 Å². The van der Waals surface area contributed by atoms with Crippen LogP contribution in [-0.2, 0) is 17.8 Å². The van der Waals surface area contributed by atoms with Crippen LogP contribution >= 0.6 is 22.9 Å². The Kier molecular flexibility index (Phi) is 5.03. The summed E-state index contributed by atoms with van der Waals surface area (Å²) in [5.74, 6) is 1.74. The molecule has 4 rings (SSSR count). The normalized spacial score (nSPS) is 12.8. The molecule has 28 heavy (non-hydrogen) atoms. The van der Waals surface area contributed by atoms with Crippen molar-refractivity contribution in [1.82, 2.24) is 19.7 Å². The highest BCUT2D eigenvalue weighted by molar-refractivity contribution is 7.15. The van der Waals surface area contributed by atoms with Gasteiger partial charge in [0.1, 0.15) is 17.4 Å². The Morgan fingerprint density at radius 1 is 1.25 bits per heavy atom. The molecule has 2 aromatic heterocycles. The van der Waals surface area contributed by atoms with Gasteiger partial charge in [0.15, 0.2) is 5.82 Å². The Morgan fingerprint density at radius 2 is 2.04 bits per heavy atom. The maximum absolute atomic E-state index is 12.0. The monoisotopic (exact) mass is 413 g/mol. The fourth-order valence-electron chi connectivity index (χ4n) is 3.24. The summed E-state index contributed by atoms with van der Waals surface area (Å²) >= 11 is 8.13. The molecule has 0 bridgehead atoms. The quantitative estimate of drug-likeness (QED) is 0.655. The largest absolute Gasteiger partial charge is 0.349 e. The first-order valence-corrected chi connectivity index (χ1v) is 10.2.